The molecule has 0 aromatic heterocycles. The maximum absolute atomic E-state index is 13.9. The van der Waals surface area contributed by atoms with E-state index in [4.69, 9.17) is 14.2 Å². The van der Waals surface area contributed by atoms with Crippen LogP contribution in [0.25, 0.3) is 0 Å². The summed E-state index contributed by atoms with van der Waals surface area (Å²) in [6.45, 7) is 5.33. The average Bonchev–Trinajstić information content (AvgIpc) is 2.89. The average molecular weight is 527 g/mol. The highest BCUT2D eigenvalue weighted by Crippen LogP contribution is 2.33. The molecule has 0 aliphatic carbocycles. The van der Waals surface area contributed by atoms with Gasteiger partial charge in [0.2, 0.25) is 5.91 Å². The predicted octanol–water partition coefficient (Wildman–Crippen LogP) is 4.79. The number of sulfonamides is 1. The van der Waals surface area contributed by atoms with E-state index < -0.39 is 22.5 Å². The lowest BCUT2D eigenvalue weighted by Gasteiger charge is -2.26. The molecule has 1 atom stereocenters. The third-order valence-corrected chi connectivity index (χ3v) is 7.76. The molecule has 1 N–H and O–H groups in total. The summed E-state index contributed by atoms with van der Waals surface area (Å²) in [5.41, 5.74) is 3.07. The fourth-order valence-electron chi connectivity index (χ4n) is 4.14. The van der Waals surface area contributed by atoms with Crippen LogP contribution in [0, 0.1) is 13.8 Å². The molecule has 0 saturated heterocycles. The number of rotatable bonds is 11. The molecule has 3 aromatic rings. The number of hydrogen-bond donors (Lipinski definition) is 1. The van der Waals surface area contributed by atoms with Crippen molar-refractivity contribution in [1.29, 1.82) is 0 Å². The monoisotopic (exact) mass is 526 g/mol. The first-order chi connectivity index (χ1) is 17.6. The largest absolute Gasteiger partial charge is 0.497 e. The Morgan fingerprint density at radius 2 is 1.49 bits per heavy atom. The van der Waals surface area contributed by atoms with Crippen LogP contribution in [0.4, 0.5) is 5.69 Å². The van der Waals surface area contributed by atoms with E-state index in [1.54, 1.807) is 19.2 Å². The second-order valence-electron chi connectivity index (χ2n) is 8.68. The van der Waals surface area contributed by atoms with Gasteiger partial charge in [-0.05, 0) is 73.4 Å². The van der Waals surface area contributed by atoms with Gasteiger partial charge in [-0.1, -0.05) is 25.1 Å². The third kappa shape index (κ3) is 6.54. The Morgan fingerprint density at radius 1 is 0.865 bits per heavy atom. The number of carbonyl (C=O) groups excluding carboxylic acids is 1. The van der Waals surface area contributed by atoms with Crippen LogP contribution in [-0.2, 0) is 14.8 Å². The van der Waals surface area contributed by atoms with Gasteiger partial charge in [0.25, 0.3) is 10.0 Å². The lowest BCUT2D eigenvalue weighted by Crippen LogP contribution is -2.42. The molecular weight excluding hydrogens is 492 g/mol. The van der Waals surface area contributed by atoms with Crippen molar-refractivity contribution in [2.24, 2.45) is 0 Å². The standard InChI is InChI=1S/C28H34N2O6S/c1-7-25(21-8-10-23(34-4)11-9-21)29-28(31)18-30(22-15-19(2)14-20(3)16-22)37(32,33)24-12-13-26(35-5)27(17-24)36-6/h8-17,25H,7,18H2,1-6H3,(H,29,31). The lowest BCUT2D eigenvalue weighted by atomic mass is 10.0. The number of carbonyl (C=O) groups is 1. The van der Waals surface area contributed by atoms with Crippen molar-refractivity contribution < 1.29 is 27.4 Å². The first-order valence-corrected chi connectivity index (χ1v) is 13.3. The molecule has 0 heterocycles. The summed E-state index contributed by atoms with van der Waals surface area (Å²) in [5.74, 6) is 0.971. The summed E-state index contributed by atoms with van der Waals surface area (Å²) >= 11 is 0. The molecule has 9 heteroatoms. The number of nitrogens with one attached hydrogen (secondary N) is 1. The zero-order valence-corrected chi connectivity index (χ0v) is 22.9. The van der Waals surface area contributed by atoms with Crippen molar-refractivity contribution in [3.8, 4) is 17.2 Å². The number of anilines is 1. The molecule has 37 heavy (non-hydrogen) atoms. The van der Waals surface area contributed by atoms with E-state index in [2.05, 4.69) is 5.32 Å². The second kappa shape index (κ2) is 12.0. The summed E-state index contributed by atoms with van der Waals surface area (Å²) in [7, 11) is 0.371. The van der Waals surface area contributed by atoms with E-state index in [0.717, 1.165) is 21.0 Å². The highest BCUT2D eigenvalue weighted by molar-refractivity contribution is 7.92. The van der Waals surface area contributed by atoms with Gasteiger partial charge in [0, 0.05) is 6.07 Å². The number of benzene rings is 3. The fourth-order valence-corrected chi connectivity index (χ4v) is 5.56. The van der Waals surface area contributed by atoms with Crippen molar-refractivity contribution in [3.63, 3.8) is 0 Å². The van der Waals surface area contributed by atoms with Gasteiger partial charge in [0.15, 0.2) is 11.5 Å². The quantitative estimate of drug-likeness (QED) is 0.386. The Morgan fingerprint density at radius 3 is 2.03 bits per heavy atom. The Kier molecular flexibility index (Phi) is 9.04. The Balaban J connectivity index is 1.98. The van der Waals surface area contributed by atoms with Crippen LogP contribution >= 0.6 is 0 Å². The van der Waals surface area contributed by atoms with Crippen LogP contribution in [0.3, 0.4) is 0 Å². The minimum Gasteiger partial charge on any atom is -0.497 e. The minimum absolute atomic E-state index is 0.0145. The van der Waals surface area contributed by atoms with Crippen molar-refractivity contribution >= 4 is 21.6 Å². The van der Waals surface area contributed by atoms with Crippen molar-refractivity contribution in [3.05, 3.63) is 77.4 Å². The summed E-state index contributed by atoms with van der Waals surface area (Å²) in [5, 5.41) is 2.98. The number of amides is 1. The molecular formula is C28H34N2O6S. The molecule has 0 saturated carbocycles. The molecule has 0 aliphatic heterocycles. The van der Waals surface area contributed by atoms with Gasteiger partial charge >= 0.3 is 0 Å². The fraction of sp³-hybridized carbons (Fsp3) is 0.321. The van der Waals surface area contributed by atoms with Crippen LogP contribution in [0.5, 0.6) is 17.2 Å². The Hall–Kier alpha value is -3.72. The highest BCUT2D eigenvalue weighted by Gasteiger charge is 2.29. The van der Waals surface area contributed by atoms with E-state index in [0.29, 0.717) is 23.6 Å². The summed E-state index contributed by atoms with van der Waals surface area (Å²) in [4.78, 5) is 13.3. The highest BCUT2D eigenvalue weighted by atomic mass is 32.2. The first-order valence-electron chi connectivity index (χ1n) is 11.9. The van der Waals surface area contributed by atoms with Crippen LogP contribution < -0.4 is 23.8 Å². The molecule has 3 aromatic carbocycles. The van der Waals surface area contributed by atoms with E-state index >= 15 is 0 Å². The topological polar surface area (TPSA) is 94.2 Å². The lowest BCUT2D eigenvalue weighted by molar-refractivity contribution is -0.120. The molecule has 198 valence electrons. The Bertz CT molecular complexity index is 1320. The summed E-state index contributed by atoms with van der Waals surface area (Å²) < 4.78 is 44.7. The summed E-state index contributed by atoms with van der Waals surface area (Å²) in [6, 6.07) is 16.9. The second-order valence-corrected chi connectivity index (χ2v) is 10.5. The van der Waals surface area contributed by atoms with E-state index in [9.17, 15) is 13.2 Å². The SMILES string of the molecule is CCC(NC(=O)CN(c1cc(C)cc(C)c1)S(=O)(=O)c1ccc(OC)c(OC)c1)c1ccc(OC)cc1. The molecule has 0 radical (unpaired) electrons. The number of aryl methyl sites for hydroxylation is 2. The number of ether oxygens (including phenoxy) is 3. The maximum atomic E-state index is 13.9. The van der Waals surface area contributed by atoms with Gasteiger partial charge in [-0.3, -0.25) is 9.10 Å². The van der Waals surface area contributed by atoms with Gasteiger partial charge in [0.1, 0.15) is 12.3 Å². The zero-order chi connectivity index (χ0) is 27.2. The van der Waals surface area contributed by atoms with Crippen molar-refractivity contribution in [2.75, 3.05) is 32.2 Å². The Labute approximate surface area is 219 Å². The van der Waals surface area contributed by atoms with E-state index in [1.165, 1.54) is 32.4 Å². The van der Waals surface area contributed by atoms with Crippen LogP contribution in [0.2, 0.25) is 0 Å². The van der Waals surface area contributed by atoms with E-state index in [-0.39, 0.29) is 16.7 Å². The summed E-state index contributed by atoms with van der Waals surface area (Å²) in [6.07, 6.45) is 0.629. The van der Waals surface area contributed by atoms with Crippen molar-refractivity contribution in [1.82, 2.24) is 5.32 Å². The molecule has 0 spiro atoms. The molecule has 0 fully saturated rings. The minimum atomic E-state index is -4.14. The van der Waals surface area contributed by atoms with Crippen LogP contribution in [0.1, 0.15) is 36.1 Å². The van der Waals surface area contributed by atoms with Crippen LogP contribution in [0.15, 0.2) is 65.6 Å². The molecule has 1 amide bonds. The maximum Gasteiger partial charge on any atom is 0.264 e. The molecule has 0 aliphatic rings. The predicted molar refractivity (Wildman–Crippen MR) is 144 cm³/mol. The van der Waals surface area contributed by atoms with Crippen molar-refractivity contribution in [2.45, 2.75) is 38.1 Å². The van der Waals surface area contributed by atoms with Gasteiger partial charge in [0.05, 0.1) is 38.0 Å². The number of hydrogen-bond acceptors (Lipinski definition) is 6. The van der Waals surface area contributed by atoms with Gasteiger partial charge in [-0.2, -0.15) is 0 Å². The third-order valence-electron chi connectivity index (χ3n) is 5.99. The van der Waals surface area contributed by atoms with E-state index in [1.807, 2.05) is 51.1 Å². The van der Waals surface area contributed by atoms with Gasteiger partial charge in [-0.25, -0.2) is 8.42 Å². The number of nitrogens with zero attached hydrogens (tertiary/aromatic N) is 1. The molecule has 0 bridgehead atoms. The molecule has 8 nitrogen and oxygen atoms in total. The normalized spacial score (nSPS) is 11.9. The molecule has 1 unspecified atom stereocenters. The van der Waals surface area contributed by atoms with Gasteiger partial charge in [-0.15, -0.1) is 0 Å². The number of methoxy groups -OCH3 is 3. The molecule has 3 rings (SSSR count). The smallest absolute Gasteiger partial charge is 0.264 e. The zero-order valence-electron chi connectivity index (χ0n) is 22.1. The first kappa shape index (κ1) is 27.9. The van der Waals surface area contributed by atoms with Crippen LogP contribution in [-0.4, -0.2) is 42.2 Å². The van der Waals surface area contributed by atoms with Gasteiger partial charge < -0.3 is 19.5 Å².